The van der Waals surface area contributed by atoms with Gasteiger partial charge in [-0.15, -0.1) is 0 Å². The van der Waals surface area contributed by atoms with Gasteiger partial charge in [-0.05, 0) is 42.2 Å². The first-order valence-corrected chi connectivity index (χ1v) is 9.93. The molecule has 1 amide bonds. The van der Waals surface area contributed by atoms with Gasteiger partial charge in [-0.3, -0.25) is 10.0 Å². The van der Waals surface area contributed by atoms with Crippen LogP contribution in [0, 0.1) is 5.92 Å². The van der Waals surface area contributed by atoms with Gasteiger partial charge < -0.3 is 4.74 Å². The van der Waals surface area contributed by atoms with Crippen LogP contribution in [0.5, 0.6) is 5.75 Å². The zero-order chi connectivity index (χ0) is 19.2. The van der Waals surface area contributed by atoms with E-state index in [9.17, 15) is 13.2 Å². The van der Waals surface area contributed by atoms with Gasteiger partial charge >= 0.3 is 0 Å². The molecule has 0 saturated carbocycles. The topological polar surface area (TPSA) is 92.7 Å². The first-order chi connectivity index (χ1) is 12.4. The van der Waals surface area contributed by atoms with Crippen molar-refractivity contribution in [2.75, 3.05) is 12.9 Å². The third-order valence-electron chi connectivity index (χ3n) is 4.42. The van der Waals surface area contributed by atoms with Crippen LogP contribution in [0.25, 0.3) is 0 Å². The Bertz CT molecular complexity index is 819. The summed E-state index contributed by atoms with van der Waals surface area (Å²) in [6, 6.07) is 15.2. The van der Waals surface area contributed by atoms with Crippen molar-refractivity contribution in [2.45, 2.75) is 24.2 Å². The van der Waals surface area contributed by atoms with E-state index in [-0.39, 0.29) is 10.8 Å². The Labute approximate surface area is 153 Å². The number of ether oxygens (including phenoxy) is 1. The van der Waals surface area contributed by atoms with Crippen LogP contribution in [0.4, 0.5) is 0 Å². The van der Waals surface area contributed by atoms with Gasteiger partial charge in [0.15, 0.2) is 9.84 Å². The first-order valence-electron chi connectivity index (χ1n) is 8.28. The first kappa shape index (κ1) is 19.9. The number of benzene rings is 2. The minimum atomic E-state index is -3.73. The quantitative estimate of drug-likeness (QED) is 0.545. The number of rotatable bonds is 8. The number of hydrogen-bond donors (Lipinski definition) is 2. The molecule has 140 valence electrons. The molecular weight excluding hydrogens is 354 g/mol. The van der Waals surface area contributed by atoms with Crippen molar-refractivity contribution in [2.24, 2.45) is 5.92 Å². The van der Waals surface area contributed by atoms with E-state index in [4.69, 9.17) is 9.94 Å². The minimum absolute atomic E-state index is 0.108. The molecule has 0 fully saturated rings. The zero-order valence-corrected chi connectivity index (χ0v) is 15.6. The summed E-state index contributed by atoms with van der Waals surface area (Å²) < 4.78 is 30.7. The molecule has 2 aromatic rings. The summed E-state index contributed by atoms with van der Waals surface area (Å²) in [6.07, 6.45) is 0.556. The van der Waals surface area contributed by atoms with Crippen LogP contribution >= 0.6 is 0 Å². The Kier molecular flexibility index (Phi) is 6.76. The number of carbonyl (C=O) groups excluding carboxylic acids is 1. The highest BCUT2D eigenvalue weighted by Crippen LogP contribution is 2.31. The molecule has 7 heteroatoms. The molecule has 6 nitrogen and oxygen atoms in total. The molecular formula is C19H23NO5S. The van der Waals surface area contributed by atoms with E-state index in [1.165, 1.54) is 19.2 Å². The molecule has 0 aromatic heterocycles. The Morgan fingerprint density at radius 3 is 2.23 bits per heavy atom. The minimum Gasteiger partial charge on any atom is -0.497 e. The summed E-state index contributed by atoms with van der Waals surface area (Å²) in [5, 5.41) is 9.12. The second kappa shape index (κ2) is 8.82. The van der Waals surface area contributed by atoms with Crippen LogP contribution < -0.4 is 10.2 Å². The predicted molar refractivity (Wildman–Crippen MR) is 97.9 cm³/mol. The van der Waals surface area contributed by atoms with Crippen molar-refractivity contribution in [1.29, 1.82) is 0 Å². The molecule has 0 radical (unpaired) electrons. The molecule has 0 aliphatic rings. The summed E-state index contributed by atoms with van der Waals surface area (Å²) >= 11 is 0. The summed E-state index contributed by atoms with van der Waals surface area (Å²) in [4.78, 5) is 12.4. The van der Waals surface area contributed by atoms with Crippen molar-refractivity contribution in [3.8, 4) is 5.75 Å². The van der Waals surface area contributed by atoms with E-state index >= 15 is 0 Å². The van der Waals surface area contributed by atoms with Crippen molar-refractivity contribution in [3.63, 3.8) is 0 Å². The Morgan fingerprint density at radius 2 is 1.73 bits per heavy atom. The zero-order valence-electron chi connectivity index (χ0n) is 14.8. The summed E-state index contributed by atoms with van der Waals surface area (Å²) in [6.45, 7) is 1.88. The molecule has 0 aliphatic heterocycles. The van der Waals surface area contributed by atoms with Crippen LogP contribution in [0.3, 0.4) is 0 Å². The molecule has 2 unspecified atom stereocenters. The fourth-order valence-corrected chi connectivity index (χ4v) is 4.63. The standard InChI is InChI=1S/C19H23NO5S/c1-3-17(14-7-5-4-6-8-14)18(19(21)20-22)13-26(23,24)16-11-9-15(25-2)10-12-16/h4-12,17-18,22H,3,13H2,1-2H3,(H,20,21). The summed E-state index contributed by atoms with van der Waals surface area (Å²) in [5.74, 6) is -1.82. The molecule has 2 atom stereocenters. The number of methoxy groups -OCH3 is 1. The Morgan fingerprint density at radius 1 is 1.12 bits per heavy atom. The Hall–Kier alpha value is -2.38. The van der Waals surface area contributed by atoms with Gasteiger partial charge in [0.25, 0.3) is 0 Å². The molecule has 0 spiro atoms. The van der Waals surface area contributed by atoms with E-state index in [1.54, 1.807) is 17.6 Å². The molecule has 2 rings (SSSR count). The van der Waals surface area contributed by atoms with Gasteiger partial charge in [0.2, 0.25) is 5.91 Å². The molecule has 0 bridgehead atoms. The van der Waals surface area contributed by atoms with E-state index in [2.05, 4.69) is 0 Å². The average Bonchev–Trinajstić information content (AvgIpc) is 2.68. The van der Waals surface area contributed by atoms with E-state index in [1.807, 2.05) is 37.3 Å². The highest BCUT2D eigenvalue weighted by Gasteiger charge is 2.33. The highest BCUT2D eigenvalue weighted by molar-refractivity contribution is 7.91. The molecule has 2 aromatic carbocycles. The highest BCUT2D eigenvalue weighted by atomic mass is 32.2. The van der Waals surface area contributed by atoms with Gasteiger partial charge in [-0.2, -0.15) is 0 Å². The second-order valence-corrected chi connectivity index (χ2v) is 8.00. The predicted octanol–water partition coefficient (Wildman–Crippen LogP) is 2.78. The second-order valence-electron chi connectivity index (χ2n) is 5.96. The smallest absolute Gasteiger partial charge is 0.248 e. The van der Waals surface area contributed by atoms with Crippen molar-refractivity contribution < 1.29 is 23.2 Å². The lowest BCUT2D eigenvalue weighted by Gasteiger charge is -2.25. The number of nitrogens with one attached hydrogen (secondary N) is 1. The van der Waals surface area contributed by atoms with Crippen molar-refractivity contribution >= 4 is 15.7 Å². The van der Waals surface area contributed by atoms with Crippen LogP contribution in [-0.2, 0) is 14.6 Å². The van der Waals surface area contributed by atoms with Crippen molar-refractivity contribution in [1.82, 2.24) is 5.48 Å². The monoisotopic (exact) mass is 377 g/mol. The normalized spacial score (nSPS) is 13.7. The number of hydroxylamine groups is 1. The van der Waals surface area contributed by atoms with E-state index < -0.39 is 27.4 Å². The van der Waals surface area contributed by atoms with E-state index in [0.29, 0.717) is 12.2 Å². The van der Waals surface area contributed by atoms with Crippen LogP contribution in [-0.4, -0.2) is 32.4 Å². The van der Waals surface area contributed by atoms with Gasteiger partial charge in [-0.25, -0.2) is 13.9 Å². The number of amides is 1. The van der Waals surface area contributed by atoms with Crippen LogP contribution in [0.1, 0.15) is 24.8 Å². The fraction of sp³-hybridized carbons (Fsp3) is 0.316. The fourth-order valence-electron chi connectivity index (χ4n) is 3.03. The maximum absolute atomic E-state index is 12.8. The van der Waals surface area contributed by atoms with Gasteiger partial charge in [0.05, 0.1) is 23.7 Å². The lowest BCUT2D eigenvalue weighted by atomic mass is 9.84. The molecule has 26 heavy (non-hydrogen) atoms. The van der Waals surface area contributed by atoms with Gasteiger partial charge in [-0.1, -0.05) is 37.3 Å². The molecule has 0 saturated heterocycles. The average molecular weight is 377 g/mol. The lowest BCUT2D eigenvalue weighted by molar-refractivity contribution is -0.133. The largest absolute Gasteiger partial charge is 0.497 e. The number of hydrogen-bond acceptors (Lipinski definition) is 5. The molecule has 0 heterocycles. The maximum atomic E-state index is 12.8. The van der Waals surface area contributed by atoms with Gasteiger partial charge in [0, 0.05) is 0 Å². The van der Waals surface area contributed by atoms with Crippen molar-refractivity contribution in [3.05, 3.63) is 60.2 Å². The molecule has 2 N–H and O–H groups in total. The molecule has 0 aliphatic carbocycles. The third-order valence-corrected chi connectivity index (χ3v) is 6.21. The third kappa shape index (κ3) is 4.62. The SMILES string of the molecule is CCC(c1ccccc1)C(CS(=O)(=O)c1ccc(OC)cc1)C(=O)NO. The number of carbonyl (C=O) groups is 1. The number of sulfone groups is 1. The van der Waals surface area contributed by atoms with Crippen LogP contribution in [0.2, 0.25) is 0 Å². The summed E-state index contributed by atoms with van der Waals surface area (Å²) in [5.41, 5.74) is 2.47. The summed E-state index contributed by atoms with van der Waals surface area (Å²) in [7, 11) is -2.23. The Balaban J connectivity index is 2.35. The van der Waals surface area contributed by atoms with Gasteiger partial charge in [0.1, 0.15) is 5.75 Å². The maximum Gasteiger partial charge on any atom is 0.248 e. The van der Waals surface area contributed by atoms with E-state index in [0.717, 1.165) is 5.56 Å². The lowest BCUT2D eigenvalue weighted by Crippen LogP contribution is -2.36. The van der Waals surface area contributed by atoms with Crippen LogP contribution in [0.15, 0.2) is 59.5 Å².